The molecule has 2 nitrogen and oxygen atoms in total. The maximum Gasteiger partial charge on any atom is 0.0547 e. The third-order valence-corrected chi connectivity index (χ3v) is 9.25. The quantitative estimate of drug-likeness (QED) is 0.198. The summed E-state index contributed by atoms with van der Waals surface area (Å²) in [4.78, 5) is 0. The lowest BCUT2D eigenvalue weighted by Crippen LogP contribution is -1.94. The molecule has 0 unspecified atom stereocenters. The van der Waals surface area contributed by atoms with Crippen LogP contribution < -0.4 is 0 Å². The first-order chi connectivity index (χ1) is 22.2. The lowest BCUT2D eigenvalue weighted by molar-refractivity contribution is 1.18. The van der Waals surface area contributed by atoms with E-state index >= 15 is 0 Å². The zero-order valence-corrected chi connectivity index (χ0v) is 25.0. The van der Waals surface area contributed by atoms with Crippen molar-refractivity contribution in [1.29, 1.82) is 0 Å². The number of hydrogen-bond acceptors (Lipinski definition) is 0. The molecular formula is C43H30N2. The average Bonchev–Trinajstić information content (AvgIpc) is 3.61. The molecule has 0 amide bonds. The molecule has 9 rings (SSSR count). The Bertz CT molecular complexity index is 2530. The summed E-state index contributed by atoms with van der Waals surface area (Å²) in [7, 11) is 0. The first-order valence-electron chi connectivity index (χ1n) is 15.5. The zero-order chi connectivity index (χ0) is 29.9. The summed E-state index contributed by atoms with van der Waals surface area (Å²) in [6, 6.07) is 59.5. The van der Waals surface area contributed by atoms with Gasteiger partial charge in [0.25, 0.3) is 0 Å². The van der Waals surface area contributed by atoms with E-state index in [-0.39, 0.29) is 0 Å². The molecule has 9 aromatic rings. The number of nitrogens with zero attached hydrogens (tertiary/aromatic N) is 2. The van der Waals surface area contributed by atoms with E-state index in [0.29, 0.717) is 0 Å². The number of aryl methyl sites for hydroxylation is 1. The molecule has 212 valence electrons. The van der Waals surface area contributed by atoms with Gasteiger partial charge in [0.2, 0.25) is 0 Å². The van der Waals surface area contributed by atoms with Gasteiger partial charge in [-0.15, -0.1) is 0 Å². The number of benzene rings is 7. The van der Waals surface area contributed by atoms with Crippen LogP contribution in [0, 0.1) is 6.92 Å². The van der Waals surface area contributed by atoms with Crippen LogP contribution in [0.25, 0.3) is 77.2 Å². The van der Waals surface area contributed by atoms with Gasteiger partial charge in [0, 0.05) is 32.9 Å². The second kappa shape index (κ2) is 10.1. The fraction of sp³-hybridized carbons (Fsp3) is 0.0233. The normalized spacial score (nSPS) is 11.7. The fourth-order valence-electron chi connectivity index (χ4n) is 7.17. The Hall–Kier alpha value is -5.86. The van der Waals surface area contributed by atoms with Crippen molar-refractivity contribution in [1.82, 2.24) is 9.13 Å². The molecule has 0 radical (unpaired) electrons. The predicted octanol–water partition coefficient (Wildman–Crippen LogP) is 11.5. The van der Waals surface area contributed by atoms with Gasteiger partial charge in [-0.3, -0.25) is 0 Å². The minimum Gasteiger partial charge on any atom is -0.309 e. The number of rotatable bonds is 4. The van der Waals surface area contributed by atoms with Crippen molar-refractivity contribution in [2.24, 2.45) is 0 Å². The summed E-state index contributed by atoms with van der Waals surface area (Å²) in [5.74, 6) is 0. The molecule has 0 saturated heterocycles. The van der Waals surface area contributed by atoms with Gasteiger partial charge in [0.05, 0.1) is 22.1 Å². The molecule has 7 aromatic carbocycles. The van der Waals surface area contributed by atoms with E-state index in [1.807, 2.05) is 0 Å². The fourth-order valence-corrected chi connectivity index (χ4v) is 7.17. The number of para-hydroxylation sites is 4. The van der Waals surface area contributed by atoms with Gasteiger partial charge >= 0.3 is 0 Å². The van der Waals surface area contributed by atoms with E-state index in [9.17, 15) is 0 Å². The minimum absolute atomic E-state index is 1.18. The third-order valence-electron chi connectivity index (χ3n) is 9.25. The Morgan fingerprint density at radius 1 is 0.333 bits per heavy atom. The second-order valence-electron chi connectivity index (χ2n) is 11.9. The van der Waals surface area contributed by atoms with Crippen molar-refractivity contribution in [2.75, 3.05) is 0 Å². The van der Waals surface area contributed by atoms with Gasteiger partial charge in [-0.05, 0) is 83.3 Å². The maximum absolute atomic E-state index is 2.39. The topological polar surface area (TPSA) is 9.86 Å². The summed E-state index contributed by atoms with van der Waals surface area (Å²) in [5.41, 5.74) is 13.4. The minimum atomic E-state index is 1.18. The molecule has 2 heterocycles. The monoisotopic (exact) mass is 574 g/mol. The first-order valence-corrected chi connectivity index (χ1v) is 15.5. The van der Waals surface area contributed by atoms with Crippen molar-refractivity contribution in [3.63, 3.8) is 0 Å². The molecule has 2 aromatic heterocycles. The smallest absolute Gasteiger partial charge is 0.0547 e. The average molecular weight is 575 g/mol. The van der Waals surface area contributed by atoms with Crippen LogP contribution in [-0.4, -0.2) is 9.13 Å². The van der Waals surface area contributed by atoms with Crippen molar-refractivity contribution in [3.05, 3.63) is 169 Å². The van der Waals surface area contributed by atoms with Gasteiger partial charge in [-0.1, -0.05) is 115 Å². The summed E-state index contributed by atoms with van der Waals surface area (Å²) in [5, 5.41) is 5.10. The molecule has 0 spiro atoms. The van der Waals surface area contributed by atoms with Gasteiger partial charge < -0.3 is 9.13 Å². The van der Waals surface area contributed by atoms with Gasteiger partial charge in [0.1, 0.15) is 0 Å². The SMILES string of the molecule is Cc1cc(-c2ccc3c4ccccc4n(-c4ccccc4)c3c2)ccc1-c1ccc2c3ccccc3n(-c3ccccc3)c2c1. The number of hydrogen-bond donors (Lipinski definition) is 0. The lowest BCUT2D eigenvalue weighted by atomic mass is 9.94. The molecule has 0 bridgehead atoms. The Kier molecular flexibility index (Phi) is 5.76. The molecule has 0 atom stereocenters. The largest absolute Gasteiger partial charge is 0.309 e. The third kappa shape index (κ3) is 4.03. The molecule has 0 aliphatic carbocycles. The predicted molar refractivity (Wildman–Crippen MR) is 191 cm³/mol. The summed E-state index contributed by atoms with van der Waals surface area (Å²) in [6.07, 6.45) is 0. The lowest BCUT2D eigenvalue weighted by Gasteiger charge is -2.12. The summed E-state index contributed by atoms with van der Waals surface area (Å²) < 4.78 is 4.77. The highest BCUT2D eigenvalue weighted by Gasteiger charge is 2.16. The molecular weight excluding hydrogens is 544 g/mol. The standard InChI is InChI=1S/C43H30N2/c1-29-26-30(31-21-24-38-36-16-8-10-18-40(36)44(42(38)27-31)33-12-4-2-5-13-33)20-23-35(29)32-22-25-39-37-17-9-11-19-41(37)45(43(39)28-32)34-14-6-3-7-15-34/h2-28H,1H3. The Morgan fingerprint density at radius 3 is 1.31 bits per heavy atom. The van der Waals surface area contributed by atoms with Gasteiger partial charge in [0.15, 0.2) is 0 Å². The summed E-state index contributed by atoms with van der Waals surface area (Å²) >= 11 is 0. The van der Waals surface area contributed by atoms with Crippen molar-refractivity contribution >= 4 is 43.6 Å². The summed E-state index contributed by atoms with van der Waals surface area (Å²) in [6.45, 7) is 2.23. The molecule has 0 aliphatic rings. The van der Waals surface area contributed by atoms with Crippen LogP contribution in [0.4, 0.5) is 0 Å². The maximum atomic E-state index is 2.39. The Labute approximate surface area is 262 Å². The number of fused-ring (bicyclic) bond motifs is 6. The molecule has 0 aliphatic heterocycles. The van der Waals surface area contributed by atoms with Crippen molar-refractivity contribution in [2.45, 2.75) is 6.92 Å². The van der Waals surface area contributed by atoms with Crippen LogP contribution >= 0.6 is 0 Å². The first kappa shape index (κ1) is 25.6. The van der Waals surface area contributed by atoms with Crippen LogP contribution in [-0.2, 0) is 0 Å². The van der Waals surface area contributed by atoms with Gasteiger partial charge in [-0.25, -0.2) is 0 Å². The Morgan fingerprint density at radius 2 is 0.756 bits per heavy atom. The van der Waals surface area contributed by atoms with E-state index < -0.39 is 0 Å². The highest BCUT2D eigenvalue weighted by atomic mass is 15.0. The van der Waals surface area contributed by atoms with E-state index in [2.05, 4.69) is 180 Å². The second-order valence-corrected chi connectivity index (χ2v) is 11.9. The van der Waals surface area contributed by atoms with E-state index in [0.717, 1.165) is 0 Å². The van der Waals surface area contributed by atoms with Crippen LogP contribution in [0.1, 0.15) is 5.56 Å². The van der Waals surface area contributed by atoms with E-state index in [1.54, 1.807) is 0 Å². The molecule has 2 heteroatoms. The molecule has 0 N–H and O–H groups in total. The molecule has 0 fully saturated rings. The Balaban J connectivity index is 1.18. The highest BCUT2D eigenvalue weighted by molar-refractivity contribution is 6.11. The van der Waals surface area contributed by atoms with Crippen LogP contribution in [0.15, 0.2) is 164 Å². The van der Waals surface area contributed by atoms with Crippen LogP contribution in [0.5, 0.6) is 0 Å². The molecule has 0 saturated carbocycles. The van der Waals surface area contributed by atoms with Crippen LogP contribution in [0.3, 0.4) is 0 Å². The van der Waals surface area contributed by atoms with Crippen molar-refractivity contribution in [3.8, 4) is 33.6 Å². The van der Waals surface area contributed by atoms with Gasteiger partial charge in [-0.2, -0.15) is 0 Å². The van der Waals surface area contributed by atoms with E-state index in [1.165, 1.54) is 82.8 Å². The zero-order valence-electron chi connectivity index (χ0n) is 25.0. The van der Waals surface area contributed by atoms with Crippen LogP contribution in [0.2, 0.25) is 0 Å². The molecule has 45 heavy (non-hydrogen) atoms. The highest BCUT2D eigenvalue weighted by Crippen LogP contribution is 2.38. The van der Waals surface area contributed by atoms with Crippen molar-refractivity contribution < 1.29 is 0 Å². The van der Waals surface area contributed by atoms with E-state index in [4.69, 9.17) is 0 Å². The number of aromatic nitrogens is 2.